The van der Waals surface area contributed by atoms with Crippen molar-refractivity contribution in [2.24, 2.45) is 7.05 Å². The smallest absolute Gasteiger partial charge is 0.151 e. The van der Waals surface area contributed by atoms with Crippen LogP contribution in [0, 0.1) is 0 Å². The van der Waals surface area contributed by atoms with Gasteiger partial charge in [0, 0.05) is 20.0 Å². The Balaban J connectivity index is 2.01. The van der Waals surface area contributed by atoms with Crippen molar-refractivity contribution in [1.29, 1.82) is 0 Å². The molecule has 1 N–H and O–H groups in total. The summed E-state index contributed by atoms with van der Waals surface area (Å²) in [7, 11) is 1.88. The fraction of sp³-hybridized carbons (Fsp3) is 0.600. The number of allylic oxidation sites excluding steroid dienone is 1. The minimum absolute atomic E-state index is 0.898. The van der Waals surface area contributed by atoms with E-state index in [-0.39, 0.29) is 0 Å². The van der Waals surface area contributed by atoms with Crippen LogP contribution in [0.5, 0.6) is 0 Å². The average Bonchev–Trinajstić information content (AvgIpc) is 2.58. The first-order chi connectivity index (χ1) is 6.83. The van der Waals surface area contributed by atoms with Crippen LogP contribution < -0.4 is 5.32 Å². The van der Waals surface area contributed by atoms with E-state index in [1.54, 1.807) is 11.0 Å². The predicted molar refractivity (Wildman–Crippen MR) is 57.0 cm³/mol. The van der Waals surface area contributed by atoms with Gasteiger partial charge in [0.1, 0.15) is 6.33 Å². The van der Waals surface area contributed by atoms with Crippen LogP contribution in [0.25, 0.3) is 0 Å². The van der Waals surface area contributed by atoms with Crippen LogP contribution >= 0.6 is 0 Å². The van der Waals surface area contributed by atoms with Crippen molar-refractivity contribution in [1.82, 2.24) is 20.1 Å². The zero-order chi connectivity index (χ0) is 10.2. The molecule has 0 aromatic carbocycles. The molecule has 0 spiro atoms. The van der Waals surface area contributed by atoms with Gasteiger partial charge >= 0.3 is 0 Å². The van der Waals surface area contributed by atoms with E-state index in [4.69, 9.17) is 0 Å². The van der Waals surface area contributed by atoms with E-state index in [2.05, 4.69) is 22.0 Å². The van der Waals surface area contributed by atoms with Gasteiger partial charge in [0.05, 0.1) is 0 Å². The van der Waals surface area contributed by atoms with Gasteiger partial charge in [-0.2, -0.15) is 5.10 Å². The highest BCUT2D eigenvalue weighted by atomic mass is 15.3. The number of hydrogen-bond donors (Lipinski definition) is 1. The molecule has 0 radical (unpaired) electrons. The van der Waals surface area contributed by atoms with Gasteiger partial charge in [-0.3, -0.25) is 4.68 Å². The molecule has 0 aliphatic carbocycles. The maximum Gasteiger partial charge on any atom is 0.151 e. The van der Waals surface area contributed by atoms with Gasteiger partial charge in [0.15, 0.2) is 5.82 Å². The molecule has 0 bridgehead atoms. The third-order valence-electron chi connectivity index (χ3n) is 1.93. The molecule has 4 nitrogen and oxygen atoms in total. The molecule has 0 amide bonds. The van der Waals surface area contributed by atoms with Crippen LogP contribution in [0.3, 0.4) is 0 Å². The highest BCUT2D eigenvalue weighted by molar-refractivity contribution is 4.81. The fourth-order valence-electron chi connectivity index (χ4n) is 1.20. The van der Waals surface area contributed by atoms with Crippen LogP contribution in [0.15, 0.2) is 19.0 Å². The SMILES string of the molecule is C=CCCCNCCc1ncn(C)n1. The second-order valence-corrected chi connectivity index (χ2v) is 3.27. The van der Waals surface area contributed by atoms with E-state index < -0.39 is 0 Å². The highest BCUT2D eigenvalue weighted by Crippen LogP contribution is 1.89. The maximum atomic E-state index is 4.19. The maximum absolute atomic E-state index is 4.19. The lowest BCUT2D eigenvalue weighted by molar-refractivity contribution is 0.637. The number of unbranched alkanes of at least 4 members (excludes halogenated alkanes) is 1. The molecule has 0 fully saturated rings. The lowest BCUT2D eigenvalue weighted by Crippen LogP contribution is -2.18. The number of aromatic nitrogens is 3. The third kappa shape index (κ3) is 4.18. The second-order valence-electron chi connectivity index (χ2n) is 3.27. The first-order valence-electron chi connectivity index (χ1n) is 4.99. The van der Waals surface area contributed by atoms with Crippen molar-refractivity contribution in [2.45, 2.75) is 19.3 Å². The molecule has 0 saturated carbocycles. The number of rotatable bonds is 7. The van der Waals surface area contributed by atoms with Crippen LogP contribution in [0.4, 0.5) is 0 Å². The summed E-state index contributed by atoms with van der Waals surface area (Å²) in [6, 6.07) is 0. The Labute approximate surface area is 85.0 Å². The van der Waals surface area contributed by atoms with Crippen molar-refractivity contribution in [3.8, 4) is 0 Å². The predicted octanol–water partition coefficient (Wildman–Crippen LogP) is 0.913. The van der Waals surface area contributed by atoms with Crippen LogP contribution in [0.1, 0.15) is 18.7 Å². The topological polar surface area (TPSA) is 42.7 Å². The molecule has 1 rings (SSSR count). The molecule has 0 atom stereocenters. The molecule has 1 aromatic heterocycles. The van der Waals surface area contributed by atoms with E-state index in [9.17, 15) is 0 Å². The molecular weight excluding hydrogens is 176 g/mol. The Morgan fingerprint density at radius 2 is 2.43 bits per heavy atom. The molecule has 78 valence electrons. The number of nitrogens with one attached hydrogen (secondary N) is 1. The standard InChI is InChI=1S/C10H18N4/c1-3-4-5-7-11-8-6-10-12-9-14(2)13-10/h3,9,11H,1,4-8H2,2H3. The Morgan fingerprint density at radius 1 is 1.57 bits per heavy atom. The molecule has 0 unspecified atom stereocenters. The van der Waals surface area contributed by atoms with Crippen LogP contribution in [0.2, 0.25) is 0 Å². The Kier molecular flexibility index (Phi) is 4.93. The van der Waals surface area contributed by atoms with Gasteiger partial charge in [0.2, 0.25) is 0 Å². The van der Waals surface area contributed by atoms with Crippen LogP contribution in [-0.4, -0.2) is 27.9 Å². The zero-order valence-corrected chi connectivity index (χ0v) is 8.74. The summed E-state index contributed by atoms with van der Waals surface area (Å²) in [5, 5.41) is 7.53. The second kappa shape index (κ2) is 6.32. The van der Waals surface area contributed by atoms with Crippen molar-refractivity contribution in [3.63, 3.8) is 0 Å². The van der Waals surface area contributed by atoms with Gasteiger partial charge in [-0.1, -0.05) is 6.08 Å². The van der Waals surface area contributed by atoms with Crippen molar-refractivity contribution >= 4 is 0 Å². The van der Waals surface area contributed by atoms with E-state index >= 15 is 0 Å². The molecule has 1 aromatic rings. The summed E-state index contributed by atoms with van der Waals surface area (Å²) in [5.74, 6) is 0.906. The Hall–Kier alpha value is -1.16. The van der Waals surface area contributed by atoms with Gasteiger partial charge in [0.25, 0.3) is 0 Å². The van der Waals surface area contributed by atoms with E-state index in [0.29, 0.717) is 0 Å². The van der Waals surface area contributed by atoms with Gasteiger partial charge in [-0.05, 0) is 19.4 Å². The van der Waals surface area contributed by atoms with Crippen molar-refractivity contribution in [3.05, 3.63) is 24.8 Å². The Bertz CT molecular complexity index is 267. The monoisotopic (exact) mass is 194 g/mol. The largest absolute Gasteiger partial charge is 0.316 e. The third-order valence-corrected chi connectivity index (χ3v) is 1.93. The summed E-state index contributed by atoms with van der Waals surface area (Å²) in [6.07, 6.45) is 6.80. The molecule has 0 aliphatic rings. The number of hydrogen-bond acceptors (Lipinski definition) is 3. The lowest BCUT2D eigenvalue weighted by Gasteiger charge is -2.00. The van der Waals surface area contributed by atoms with E-state index in [1.165, 1.54) is 0 Å². The molecular formula is C10H18N4. The highest BCUT2D eigenvalue weighted by Gasteiger charge is 1.96. The van der Waals surface area contributed by atoms with Gasteiger partial charge < -0.3 is 5.32 Å². The number of nitrogens with zero attached hydrogens (tertiary/aromatic N) is 3. The normalized spacial score (nSPS) is 10.4. The Morgan fingerprint density at radius 3 is 3.07 bits per heavy atom. The van der Waals surface area contributed by atoms with Gasteiger partial charge in [-0.25, -0.2) is 4.98 Å². The fourth-order valence-corrected chi connectivity index (χ4v) is 1.20. The first-order valence-corrected chi connectivity index (χ1v) is 4.99. The zero-order valence-electron chi connectivity index (χ0n) is 8.74. The minimum atomic E-state index is 0.898. The molecule has 0 aliphatic heterocycles. The van der Waals surface area contributed by atoms with Crippen molar-refractivity contribution < 1.29 is 0 Å². The van der Waals surface area contributed by atoms with Crippen LogP contribution in [-0.2, 0) is 13.5 Å². The summed E-state index contributed by atoms with van der Waals surface area (Å²) in [6.45, 7) is 5.66. The lowest BCUT2D eigenvalue weighted by atomic mass is 10.3. The minimum Gasteiger partial charge on any atom is -0.316 e. The molecule has 4 heteroatoms. The first kappa shape index (κ1) is 10.9. The summed E-state index contributed by atoms with van der Waals surface area (Å²) < 4.78 is 1.73. The average molecular weight is 194 g/mol. The quantitative estimate of drug-likeness (QED) is 0.518. The molecule has 0 saturated heterocycles. The van der Waals surface area contributed by atoms with Gasteiger partial charge in [-0.15, -0.1) is 6.58 Å². The summed E-state index contributed by atoms with van der Waals surface area (Å²) in [5.41, 5.74) is 0. The molecule has 14 heavy (non-hydrogen) atoms. The summed E-state index contributed by atoms with van der Waals surface area (Å²) >= 11 is 0. The van der Waals surface area contributed by atoms with E-state index in [1.807, 2.05) is 13.1 Å². The number of aryl methyl sites for hydroxylation is 1. The van der Waals surface area contributed by atoms with E-state index in [0.717, 1.165) is 38.2 Å². The van der Waals surface area contributed by atoms with Crippen molar-refractivity contribution in [2.75, 3.05) is 13.1 Å². The summed E-state index contributed by atoms with van der Waals surface area (Å²) in [4.78, 5) is 4.15. The molecule has 1 heterocycles.